The van der Waals surface area contributed by atoms with Crippen molar-refractivity contribution in [2.45, 2.75) is 64.2 Å². The molecule has 34 heavy (non-hydrogen) atoms. The summed E-state index contributed by atoms with van der Waals surface area (Å²) in [6.45, 7) is 13.5. The average Bonchev–Trinajstić information content (AvgIpc) is 2.78. The Kier molecular flexibility index (Phi) is 4.10. The summed E-state index contributed by atoms with van der Waals surface area (Å²) in [4.78, 5) is 25.3. The van der Waals surface area contributed by atoms with Crippen LogP contribution in [0.5, 0.6) is 0 Å². The van der Waals surface area contributed by atoms with Gasteiger partial charge in [0.15, 0.2) is 0 Å². The van der Waals surface area contributed by atoms with Crippen LogP contribution in [0.4, 0.5) is 0 Å². The van der Waals surface area contributed by atoms with Gasteiger partial charge in [-0.15, -0.1) is 0 Å². The maximum atomic E-state index is 12.6. The van der Waals surface area contributed by atoms with Crippen LogP contribution < -0.4 is 11.1 Å². The number of H-pyrrole nitrogens is 2. The molecule has 2 atom stereocenters. The molecule has 0 spiro atoms. The van der Waals surface area contributed by atoms with Crippen molar-refractivity contribution in [3.63, 3.8) is 0 Å². The summed E-state index contributed by atoms with van der Waals surface area (Å²) >= 11 is 0. The summed E-state index contributed by atoms with van der Waals surface area (Å²) in [6.07, 6.45) is 0. The maximum absolute atomic E-state index is 12.6. The van der Waals surface area contributed by atoms with Crippen molar-refractivity contribution in [1.82, 2.24) is 10.2 Å². The monoisotopic (exact) mass is 450 g/mol. The Morgan fingerprint density at radius 2 is 0.882 bits per heavy atom. The van der Waals surface area contributed by atoms with E-state index in [0.717, 1.165) is 11.1 Å². The third kappa shape index (κ3) is 2.84. The molecule has 172 valence electrons. The van der Waals surface area contributed by atoms with E-state index in [0.29, 0.717) is 10.8 Å². The van der Waals surface area contributed by atoms with Crippen molar-refractivity contribution in [1.29, 1.82) is 0 Å². The molecule has 0 fully saturated rings. The predicted molar refractivity (Wildman–Crippen MR) is 137 cm³/mol. The first-order valence-electron chi connectivity index (χ1n) is 12.0. The van der Waals surface area contributed by atoms with Crippen LogP contribution in [0.1, 0.15) is 97.9 Å². The summed E-state index contributed by atoms with van der Waals surface area (Å²) in [7, 11) is 0. The number of hydrogen-bond acceptors (Lipinski definition) is 2. The molecule has 2 bridgehead atoms. The molecule has 1 aromatic heterocycles. The first-order chi connectivity index (χ1) is 15.9. The molecule has 2 N–H and O–H groups in total. The fourth-order valence-electron chi connectivity index (χ4n) is 5.87. The van der Waals surface area contributed by atoms with Gasteiger partial charge in [0.2, 0.25) is 0 Å². The Balaban J connectivity index is 1.71. The van der Waals surface area contributed by atoms with Crippen LogP contribution >= 0.6 is 0 Å². The van der Waals surface area contributed by atoms with Gasteiger partial charge < -0.3 is 0 Å². The van der Waals surface area contributed by atoms with E-state index in [-0.39, 0.29) is 33.8 Å². The third-order valence-electron chi connectivity index (χ3n) is 7.77. The summed E-state index contributed by atoms with van der Waals surface area (Å²) in [5.74, 6) is 0.0915. The number of benzene rings is 3. The normalized spacial score (nSPS) is 18.5. The van der Waals surface area contributed by atoms with E-state index in [2.05, 4.69) is 88.1 Å². The number of rotatable bonds is 0. The highest BCUT2D eigenvalue weighted by molar-refractivity contribution is 5.85. The van der Waals surface area contributed by atoms with Gasteiger partial charge in [-0.3, -0.25) is 19.8 Å². The highest BCUT2D eigenvalue weighted by Crippen LogP contribution is 2.57. The highest BCUT2D eigenvalue weighted by atomic mass is 16.1. The number of hydrogen-bond donors (Lipinski definition) is 2. The molecule has 3 aliphatic rings. The Bertz CT molecular complexity index is 1500. The Hall–Kier alpha value is -3.40. The van der Waals surface area contributed by atoms with Gasteiger partial charge in [-0.2, -0.15) is 0 Å². The minimum atomic E-state index is -0.259. The Morgan fingerprint density at radius 1 is 0.529 bits per heavy atom. The van der Waals surface area contributed by atoms with Crippen LogP contribution in [0.25, 0.3) is 10.8 Å². The van der Waals surface area contributed by atoms with Crippen LogP contribution in [-0.4, -0.2) is 10.2 Å². The van der Waals surface area contributed by atoms with E-state index in [1.54, 1.807) is 0 Å². The van der Waals surface area contributed by atoms with Gasteiger partial charge >= 0.3 is 0 Å². The number of nitrogens with one attached hydrogen (secondary N) is 2. The molecule has 0 amide bonds. The molecular weight excluding hydrogens is 420 g/mol. The molecule has 0 saturated carbocycles. The van der Waals surface area contributed by atoms with Gasteiger partial charge in [0.25, 0.3) is 11.1 Å². The Labute approximate surface area is 199 Å². The minimum Gasteiger partial charge on any atom is -0.267 e. The first-order valence-corrected chi connectivity index (χ1v) is 12.0. The molecule has 3 aliphatic carbocycles. The number of aromatic nitrogens is 2. The van der Waals surface area contributed by atoms with Crippen molar-refractivity contribution in [2.24, 2.45) is 0 Å². The van der Waals surface area contributed by atoms with E-state index < -0.39 is 0 Å². The van der Waals surface area contributed by atoms with Crippen LogP contribution in [-0.2, 0) is 10.8 Å². The second kappa shape index (κ2) is 6.59. The summed E-state index contributed by atoms with van der Waals surface area (Å²) in [5, 5.41) is 5.89. The molecule has 0 radical (unpaired) electrons. The molecule has 0 unspecified atom stereocenters. The van der Waals surface area contributed by atoms with Crippen molar-refractivity contribution in [2.75, 3.05) is 0 Å². The molecule has 4 aromatic rings. The zero-order valence-electron chi connectivity index (χ0n) is 20.6. The average molecular weight is 451 g/mol. The molecular formula is C30H30N2O2. The van der Waals surface area contributed by atoms with Gasteiger partial charge in [-0.25, -0.2) is 0 Å². The lowest BCUT2D eigenvalue weighted by atomic mass is 9.59. The molecule has 0 saturated heterocycles. The van der Waals surface area contributed by atoms with Gasteiger partial charge in [-0.1, -0.05) is 77.9 Å². The molecule has 1 heterocycles. The lowest BCUT2D eigenvalue weighted by molar-refractivity contribution is 0.583. The van der Waals surface area contributed by atoms with Gasteiger partial charge in [-0.05, 0) is 67.5 Å². The van der Waals surface area contributed by atoms with E-state index in [9.17, 15) is 9.59 Å². The summed E-state index contributed by atoms with van der Waals surface area (Å²) < 4.78 is 0. The van der Waals surface area contributed by atoms with Gasteiger partial charge in [0.05, 0.1) is 10.8 Å². The predicted octanol–water partition coefficient (Wildman–Crippen LogP) is 5.80. The van der Waals surface area contributed by atoms with E-state index >= 15 is 0 Å². The molecule has 7 rings (SSSR count). The molecule has 4 heteroatoms. The van der Waals surface area contributed by atoms with E-state index in [1.807, 2.05) is 12.1 Å². The lowest BCUT2D eigenvalue weighted by Crippen LogP contribution is -2.30. The number of fused-ring (bicyclic) bond motifs is 1. The highest BCUT2D eigenvalue weighted by Gasteiger charge is 2.42. The topological polar surface area (TPSA) is 65.7 Å². The minimum absolute atomic E-state index is 0.0430. The van der Waals surface area contributed by atoms with Crippen molar-refractivity contribution >= 4 is 10.8 Å². The van der Waals surface area contributed by atoms with Crippen molar-refractivity contribution < 1.29 is 0 Å². The fourth-order valence-corrected chi connectivity index (χ4v) is 5.87. The second-order valence-electron chi connectivity index (χ2n) is 12.0. The molecule has 0 aliphatic heterocycles. The standard InChI is InChI=1S/C30H30N2O2/c1-29(2,3)15-7-9-17-19(11-15)25-18-10-8-16(30(4,5)6)12-20(18)26(17)22-14-24-23(13-21(22)25)27(33)31-32-28(24)34/h7-14,25-26H,1-6H3,(H,31,33)(H,32,34)/t25-,26-/m0/s1. The van der Waals surface area contributed by atoms with Gasteiger partial charge in [0.1, 0.15) is 0 Å². The van der Waals surface area contributed by atoms with Crippen LogP contribution in [0, 0.1) is 0 Å². The van der Waals surface area contributed by atoms with Crippen LogP contribution in [0.3, 0.4) is 0 Å². The summed E-state index contributed by atoms with van der Waals surface area (Å²) in [6, 6.07) is 17.7. The van der Waals surface area contributed by atoms with Crippen LogP contribution in [0.15, 0.2) is 58.1 Å². The second-order valence-corrected chi connectivity index (χ2v) is 12.0. The third-order valence-corrected chi connectivity index (χ3v) is 7.77. The largest absolute Gasteiger partial charge is 0.270 e. The van der Waals surface area contributed by atoms with Crippen LogP contribution in [0.2, 0.25) is 0 Å². The zero-order valence-corrected chi connectivity index (χ0v) is 20.6. The van der Waals surface area contributed by atoms with Crippen molar-refractivity contribution in [3.05, 3.63) is 114 Å². The molecule has 3 aromatic carbocycles. The van der Waals surface area contributed by atoms with Gasteiger partial charge in [0, 0.05) is 11.8 Å². The van der Waals surface area contributed by atoms with E-state index in [4.69, 9.17) is 0 Å². The lowest BCUT2D eigenvalue weighted by Gasteiger charge is -2.43. The Morgan fingerprint density at radius 3 is 1.24 bits per heavy atom. The van der Waals surface area contributed by atoms with E-state index in [1.165, 1.54) is 33.4 Å². The van der Waals surface area contributed by atoms with Crippen molar-refractivity contribution in [3.8, 4) is 0 Å². The molecule has 4 nitrogen and oxygen atoms in total. The zero-order chi connectivity index (χ0) is 24.2. The number of aromatic amines is 2. The smallest absolute Gasteiger partial charge is 0.267 e. The maximum Gasteiger partial charge on any atom is 0.270 e. The summed E-state index contributed by atoms with van der Waals surface area (Å²) in [5.41, 5.74) is 9.73. The quantitative estimate of drug-likeness (QED) is 0.307. The first kappa shape index (κ1) is 21.2. The SMILES string of the molecule is CC(C)(C)c1ccc2c(c1)[C@@H]1c3ccc(C(C)(C)C)cc3[C@H]2c2cc3c(=O)[nH][nH]c(=O)c3cc21. The fraction of sp³-hybridized carbons (Fsp3) is 0.333.